The number of aliphatic hydroxyl groups is 1. The first-order chi connectivity index (χ1) is 21.7. The second-order valence-corrected chi connectivity index (χ2v) is 11.3. The molecule has 0 unspecified atom stereocenters. The third-order valence-electron chi connectivity index (χ3n) is 7.71. The molecule has 0 fully saturated rings. The Labute approximate surface area is 266 Å². The summed E-state index contributed by atoms with van der Waals surface area (Å²) in [5, 5.41) is 31.7. The molecule has 4 aromatic rings. The van der Waals surface area contributed by atoms with Gasteiger partial charge in [0.15, 0.2) is 11.5 Å². The quantitative estimate of drug-likeness (QED) is 0.172. The number of nitriles is 1. The van der Waals surface area contributed by atoms with Crippen molar-refractivity contribution in [3.05, 3.63) is 106 Å². The van der Waals surface area contributed by atoms with Crippen molar-refractivity contribution in [3.8, 4) is 40.2 Å². The van der Waals surface area contributed by atoms with Crippen molar-refractivity contribution in [1.82, 2.24) is 5.32 Å². The van der Waals surface area contributed by atoms with E-state index in [9.17, 15) is 20.3 Å². The first-order valence-electron chi connectivity index (χ1n) is 14.4. The highest BCUT2D eigenvalue weighted by Gasteiger charge is 2.32. The highest BCUT2D eigenvalue weighted by Crippen LogP contribution is 2.37. The molecule has 1 atom stereocenters. The van der Waals surface area contributed by atoms with Crippen molar-refractivity contribution in [1.29, 1.82) is 5.26 Å². The molecule has 1 aliphatic heterocycles. The number of hydrogen-bond donors (Lipinski definition) is 3. The van der Waals surface area contributed by atoms with Gasteiger partial charge >= 0.3 is 5.97 Å². The number of carbonyl (C=O) groups is 1. The van der Waals surface area contributed by atoms with E-state index in [0.717, 1.165) is 39.3 Å². The van der Waals surface area contributed by atoms with Gasteiger partial charge in [-0.15, -0.1) is 0 Å². The van der Waals surface area contributed by atoms with Gasteiger partial charge in [0.2, 0.25) is 0 Å². The summed E-state index contributed by atoms with van der Waals surface area (Å²) in [5.41, 5.74) is 4.32. The predicted octanol–water partition coefficient (Wildman–Crippen LogP) is 6.04. The molecule has 0 radical (unpaired) electrons. The Hall–Kier alpha value is -4.75. The van der Waals surface area contributed by atoms with Crippen molar-refractivity contribution in [3.63, 3.8) is 0 Å². The van der Waals surface area contributed by atoms with Gasteiger partial charge in [0.1, 0.15) is 43.5 Å². The van der Waals surface area contributed by atoms with Crippen LogP contribution in [0.1, 0.15) is 34.7 Å². The Kier molecular flexibility index (Phi) is 9.79. The van der Waals surface area contributed by atoms with Gasteiger partial charge in [-0.2, -0.15) is 5.26 Å². The molecule has 0 spiro atoms. The standard InChI is InChI=1S/C35H33ClN2O7/c1-22-26(7-4-8-28(22)25-9-10-30-33(15-25)43-12-11-42-30)20-45-32-16-31(44-19-24-6-3-5-23(13-24)17-37)27(14-29(32)36)18-38-35(2,21-39)34(40)41/h3-10,13-16,38-39H,11-12,18-21H2,1-2H3,(H,40,41)/t35-/m1/s1. The summed E-state index contributed by atoms with van der Waals surface area (Å²) in [4.78, 5) is 11.7. The number of nitrogens with zero attached hydrogens (tertiary/aromatic N) is 1. The molecule has 9 nitrogen and oxygen atoms in total. The number of ether oxygens (including phenoxy) is 4. The minimum absolute atomic E-state index is 0.0492. The molecule has 1 aliphatic rings. The highest BCUT2D eigenvalue weighted by molar-refractivity contribution is 6.32. The smallest absolute Gasteiger partial charge is 0.326 e. The summed E-state index contributed by atoms with van der Waals surface area (Å²) >= 11 is 6.67. The largest absolute Gasteiger partial charge is 0.488 e. The van der Waals surface area contributed by atoms with E-state index in [1.807, 2.05) is 49.4 Å². The van der Waals surface area contributed by atoms with E-state index in [4.69, 9.17) is 30.5 Å². The van der Waals surface area contributed by atoms with Gasteiger partial charge in [0.25, 0.3) is 0 Å². The summed E-state index contributed by atoms with van der Waals surface area (Å²) in [5.74, 6) is 1.05. The fourth-order valence-corrected chi connectivity index (χ4v) is 5.10. The number of fused-ring (bicyclic) bond motifs is 1. The number of nitrogens with one attached hydrogen (secondary N) is 1. The molecule has 0 saturated heterocycles. The second kappa shape index (κ2) is 13.9. The van der Waals surface area contributed by atoms with E-state index in [2.05, 4.69) is 11.4 Å². The zero-order valence-electron chi connectivity index (χ0n) is 24.9. The van der Waals surface area contributed by atoms with Crippen LogP contribution in [0.2, 0.25) is 5.02 Å². The van der Waals surface area contributed by atoms with Crippen LogP contribution in [0.4, 0.5) is 0 Å². The normalized spacial score (nSPS) is 13.4. The number of aliphatic hydroxyl groups excluding tert-OH is 1. The third kappa shape index (κ3) is 7.32. The number of hydrogen-bond acceptors (Lipinski definition) is 8. The van der Waals surface area contributed by atoms with Gasteiger partial charge in [0, 0.05) is 18.2 Å². The molecule has 3 N–H and O–H groups in total. The van der Waals surface area contributed by atoms with Crippen LogP contribution in [-0.4, -0.2) is 41.5 Å². The Bertz CT molecular complexity index is 1750. The number of carboxylic acid groups (broad SMARTS) is 1. The van der Waals surface area contributed by atoms with Crippen LogP contribution in [0, 0.1) is 18.3 Å². The molecular weight excluding hydrogens is 596 g/mol. The maximum absolute atomic E-state index is 11.7. The first kappa shape index (κ1) is 31.7. The highest BCUT2D eigenvalue weighted by atomic mass is 35.5. The zero-order valence-corrected chi connectivity index (χ0v) is 25.7. The maximum atomic E-state index is 11.7. The Balaban J connectivity index is 1.39. The fourth-order valence-electron chi connectivity index (χ4n) is 4.86. The molecule has 0 amide bonds. The van der Waals surface area contributed by atoms with Crippen LogP contribution in [0.25, 0.3) is 11.1 Å². The van der Waals surface area contributed by atoms with Gasteiger partial charge in [-0.3, -0.25) is 10.1 Å². The van der Waals surface area contributed by atoms with Gasteiger partial charge in [0.05, 0.1) is 23.3 Å². The lowest BCUT2D eigenvalue weighted by Crippen LogP contribution is -2.52. The number of aliphatic carboxylic acids is 1. The van der Waals surface area contributed by atoms with Crippen LogP contribution >= 0.6 is 11.6 Å². The Morgan fingerprint density at radius 1 is 0.978 bits per heavy atom. The van der Waals surface area contributed by atoms with Crippen LogP contribution in [0.3, 0.4) is 0 Å². The van der Waals surface area contributed by atoms with E-state index >= 15 is 0 Å². The minimum Gasteiger partial charge on any atom is -0.488 e. The van der Waals surface area contributed by atoms with Crippen molar-refractivity contribution >= 4 is 17.6 Å². The zero-order chi connectivity index (χ0) is 32.0. The lowest BCUT2D eigenvalue weighted by Gasteiger charge is -2.25. The maximum Gasteiger partial charge on any atom is 0.326 e. The molecule has 232 valence electrons. The van der Waals surface area contributed by atoms with E-state index in [-0.39, 0.29) is 19.8 Å². The average molecular weight is 629 g/mol. The number of rotatable bonds is 12. The molecule has 45 heavy (non-hydrogen) atoms. The molecule has 0 bridgehead atoms. The summed E-state index contributed by atoms with van der Waals surface area (Å²) in [7, 11) is 0. The third-order valence-corrected chi connectivity index (χ3v) is 8.00. The fraction of sp³-hybridized carbons (Fsp3) is 0.257. The van der Waals surface area contributed by atoms with Crippen molar-refractivity contribution in [2.75, 3.05) is 19.8 Å². The second-order valence-electron chi connectivity index (χ2n) is 10.9. The molecule has 1 heterocycles. The van der Waals surface area contributed by atoms with E-state index in [1.165, 1.54) is 6.92 Å². The van der Waals surface area contributed by atoms with Crippen LogP contribution in [-0.2, 0) is 24.6 Å². The summed E-state index contributed by atoms with van der Waals surface area (Å²) in [6.45, 7) is 4.28. The molecule has 0 aromatic heterocycles. The molecule has 0 aliphatic carbocycles. The molecule has 0 saturated carbocycles. The van der Waals surface area contributed by atoms with Gasteiger partial charge in [-0.05, 0) is 72.0 Å². The van der Waals surface area contributed by atoms with Gasteiger partial charge in [-0.25, -0.2) is 0 Å². The van der Waals surface area contributed by atoms with Crippen molar-refractivity contribution < 1.29 is 34.0 Å². The van der Waals surface area contributed by atoms with Crippen LogP contribution in [0.5, 0.6) is 23.0 Å². The molecular formula is C35H33ClN2O7. The lowest BCUT2D eigenvalue weighted by atomic mass is 9.96. The molecule has 10 heteroatoms. The molecule has 4 aromatic carbocycles. The number of benzene rings is 4. The van der Waals surface area contributed by atoms with E-state index in [0.29, 0.717) is 40.9 Å². The summed E-state index contributed by atoms with van der Waals surface area (Å²) < 4.78 is 23.8. The lowest BCUT2D eigenvalue weighted by molar-refractivity contribution is -0.145. The van der Waals surface area contributed by atoms with E-state index in [1.54, 1.807) is 30.3 Å². The van der Waals surface area contributed by atoms with Gasteiger partial charge < -0.3 is 29.2 Å². The predicted molar refractivity (Wildman–Crippen MR) is 169 cm³/mol. The topological polar surface area (TPSA) is 130 Å². The number of halogens is 1. The first-order valence-corrected chi connectivity index (χ1v) is 14.7. The summed E-state index contributed by atoms with van der Waals surface area (Å²) in [6.07, 6.45) is 0. The Morgan fingerprint density at radius 3 is 2.49 bits per heavy atom. The number of carboxylic acids is 1. The minimum atomic E-state index is -1.57. The molecule has 5 rings (SSSR count). The van der Waals surface area contributed by atoms with Crippen molar-refractivity contribution in [2.45, 2.75) is 39.1 Å². The van der Waals surface area contributed by atoms with Gasteiger partial charge in [-0.1, -0.05) is 48.0 Å². The Morgan fingerprint density at radius 2 is 1.73 bits per heavy atom. The van der Waals surface area contributed by atoms with Crippen molar-refractivity contribution in [2.24, 2.45) is 0 Å². The van der Waals surface area contributed by atoms with Crippen LogP contribution < -0.4 is 24.3 Å². The monoisotopic (exact) mass is 628 g/mol. The SMILES string of the molecule is Cc1c(COc2cc(OCc3cccc(C#N)c3)c(CN[C@](C)(CO)C(=O)O)cc2Cl)cccc1-c1ccc2c(c1)OCCO2. The average Bonchev–Trinajstić information content (AvgIpc) is 3.06. The van der Waals surface area contributed by atoms with Crippen LogP contribution in [0.15, 0.2) is 72.8 Å². The summed E-state index contributed by atoms with van der Waals surface area (Å²) in [6, 6.07) is 24.4. The van der Waals surface area contributed by atoms with E-state index < -0.39 is 18.1 Å².